The Balaban J connectivity index is 2.50. The molecule has 18 heavy (non-hydrogen) atoms. The number of ether oxygens (including phenoxy) is 1. The van der Waals surface area contributed by atoms with Gasteiger partial charge in [-0.2, -0.15) is 0 Å². The standard InChI is InChI=1S/C14H24BrNOS/c1-4-7-14(2,11-16-8-9-17-3)10-12-5-6-13(15)18-12/h5-6,16H,4,7-11H2,1-3H3. The van der Waals surface area contributed by atoms with Gasteiger partial charge in [-0.3, -0.25) is 0 Å². The second-order valence-electron chi connectivity index (χ2n) is 5.11. The molecule has 1 rings (SSSR count). The summed E-state index contributed by atoms with van der Waals surface area (Å²) in [6.07, 6.45) is 3.63. The molecular weight excluding hydrogens is 310 g/mol. The molecule has 0 aliphatic heterocycles. The van der Waals surface area contributed by atoms with Crippen LogP contribution in [-0.2, 0) is 11.2 Å². The largest absolute Gasteiger partial charge is 0.383 e. The third-order valence-corrected chi connectivity index (χ3v) is 4.74. The molecule has 104 valence electrons. The Labute approximate surface area is 123 Å². The zero-order valence-corrected chi connectivity index (χ0v) is 14.0. The van der Waals surface area contributed by atoms with E-state index in [9.17, 15) is 0 Å². The first-order valence-corrected chi connectivity index (χ1v) is 8.14. The number of rotatable bonds is 9. The van der Waals surface area contributed by atoms with Crippen molar-refractivity contribution in [2.75, 3.05) is 26.8 Å². The van der Waals surface area contributed by atoms with Crippen LogP contribution in [0.15, 0.2) is 15.9 Å². The van der Waals surface area contributed by atoms with Crippen molar-refractivity contribution >= 4 is 27.3 Å². The molecule has 1 aromatic rings. The van der Waals surface area contributed by atoms with Crippen molar-refractivity contribution in [2.24, 2.45) is 5.41 Å². The van der Waals surface area contributed by atoms with Gasteiger partial charge in [0.1, 0.15) is 0 Å². The highest BCUT2D eigenvalue weighted by Gasteiger charge is 2.24. The van der Waals surface area contributed by atoms with E-state index in [4.69, 9.17) is 4.74 Å². The number of methoxy groups -OCH3 is 1. The lowest BCUT2D eigenvalue weighted by atomic mass is 9.81. The molecule has 1 heterocycles. The first-order valence-electron chi connectivity index (χ1n) is 6.53. The molecule has 0 radical (unpaired) electrons. The van der Waals surface area contributed by atoms with Crippen molar-refractivity contribution in [1.82, 2.24) is 5.32 Å². The molecular formula is C14H24BrNOS. The topological polar surface area (TPSA) is 21.3 Å². The Kier molecular flexibility index (Phi) is 7.46. The maximum atomic E-state index is 5.07. The molecule has 0 aliphatic carbocycles. The average Bonchev–Trinajstić information content (AvgIpc) is 2.70. The SMILES string of the molecule is CCCC(C)(CNCCOC)Cc1ccc(Br)s1. The van der Waals surface area contributed by atoms with Crippen molar-refractivity contribution in [1.29, 1.82) is 0 Å². The Morgan fingerprint density at radius 1 is 1.44 bits per heavy atom. The Hall–Kier alpha value is 0.1000. The van der Waals surface area contributed by atoms with Gasteiger partial charge in [0.2, 0.25) is 0 Å². The van der Waals surface area contributed by atoms with Gasteiger partial charge in [0.05, 0.1) is 10.4 Å². The van der Waals surface area contributed by atoms with Gasteiger partial charge in [-0.15, -0.1) is 11.3 Å². The van der Waals surface area contributed by atoms with Crippen LogP contribution < -0.4 is 5.32 Å². The van der Waals surface area contributed by atoms with Crippen LogP contribution in [0.1, 0.15) is 31.6 Å². The van der Waals surface area contributed by atoms with E-state index in [0.717, 1.165) is 26.1 Å². The van der Waals surface area contributed by atoms with Gasteiger partial charge in [0.15, 0.2) is 0 Å². The van der Waals surface area contributed by atoms with Gasteiger partial charge in [-0.1, -0.05) is 20.3 Å². The number of thiophene rings is 1. The van der Waals surface area contributed by atoms with Crippen LogP contribution in [0.5, 0.6) is 0 Å². The summed E-state index contributed by atoms with van der Waals surface area (Å²) in [5.74, 6) is 0. The Morgan fingerprint density at radius 3 is 2.78 bits per heavy atom. The number of halogens is 1. The fourth-order valence-electron chi connectivity index (χ4n) is 2.27. The predicted octanol–water partition coefficient (Wildman–Crippen LogP) is 4.10. The van der Waals surface area contributed by atoms with Crippen LogP contribution in [0.4, 0.5) is 0 Å². The van der Waals surface area contributed by atoms with Gasteiger partial charge in [0.25, 0.3) is 0 Å². The smallest absolute Gasteiger partial charge is 0.0701 e. The summed E-state index contributed by atoms with van der Waals surface area (Å²) in [5.41, 5.74) is 0.340. The third kappa shape index (κ3) is 5.83. The second kappa shape index (κ2) is 8.31. The molecule has 1 unspecified atom stereocenters. The molecule has 1 aromatic heterocycles. The molecule has 0 aromatic carbocycles. The molecule has 1 atom stereocenters. The molecule has 0 saturated heterocycles. The lowest BCUT2D eigenvalue weighted by Crippen LogP contribution is -2.35. The molecule has 0 fully saturated rings. The summed E-state index contributed by atoms with van der Waals surface area (Å²) in [7, 11) is 1.75. The van der Waals surface area contributed by atoms with E-state index in [0.29, 0.717) is 5.41 Å². The van der Waals surface area contributed by atoms with Crippen molar-refractivity contribution < 1.29 is 4.74 Å². The fourth-order valence-corrected chi connectivity index (χ4v) is 3.97. The van der Waals surface area contributed by atoms with Gasteiger partial charge < -0.3 is 10.1 Å². The van der Waals surface area contributed by atoms with Gasteiger partial charge in [-0.05, 0) is 46.3 Å². The summed E-state index contributed by atoms with van der Waals surface area (Å²) in [5, 5.41) is 3.51. The molecule has 0 aliphatic rings. The highest BCUT2D eigenvalue weighted by atomic mass is 79.9. The van der Waals surface area contributed by atoms with Gasteiger partial charge in [0, 0.05) is 25.1 Å². The van der Waals surface area contributed by atoms with E-state index in [1.807, 2.05) is 11.3 Å². The fraction of sp³-hybridized carbons (Fsp3) is 0.714. The van der Waals surface area contributed by atoms with Crippen molar-refractivity contribution in [3.8, 4) is 0 Å². The minimum absolute atomic E-state index is 0.340. The summed E-state index contributed by atoms with van der Waals surface area (Å²) in [4.78, 5) is 1.46. The average molecular weight is 334 g/mol. The molecule has 0 saturated carbocycles. The van der Waals surface area contributed by atoms with Crippen LogP contribution in [0.3, 0.4) is 0 Å². The molecule has 1 N–H and O–H groups in total. The quantitative estimate of drug-likeness (QED) is 0.687. The van der Waals surface area contributed by atoms with Crippen LogP contribution in [0, 0.1) is 5.41 Å². The van der Waals surface area contributed by atoms with Crippen LogP contribution in [-0.4, -0.2) is 26.8 Å². The lowest BCUT2D eigenvalue weighted by molar-refractivity contribution is 0.190. The zero-order chi connectivity index (χ0) is 13.4. The zero-order valence-electron chi connectivity index (χ0n) is 11.6. The first kappa shape index (κ1) is 16.2. The molecule has 0 amide bonds. The van der Waals surface area contributed by atoms with Gasteiger partial charge >= 0.3 is 0 Å². The maximum Gasteiger partial charge on any atom is 0.0701 e. The second-order valence-corrected chi connectivity index (χ2v) is 7.66. The highest BCUT2D eigenvalue weighted by Crippen LogP contribution is 2.32. The van der Waals surface area contributed by atoms with Crippen molar-refractivity contribution in [2.45, 2.75) is 33.1 Å². The van der Waals surface area contributed by atoms with Crippen molar-refractivity contribution in [3.05, 3.63) is 20.8 Å². The van der Waals surface area contributed by atoms with E-state index < -0.39 is 0 Å². The number of hydrogen-bond donors (Lipinski definition) is 1. The van der Waals surface area contributed by atoms with E-state index in [1.54, 1.807) is 7.11 Å². The molecule has 0 spiro atoms. The van der Waals surface area contributed by atoms with E-state index in [-0.39, 0.29) is 0 Å². The summed E-state index contributed by atoms with van der Waals surface area (Å²) in [6.45, 7) is 7.41. The van der Waals surface area contributed by atoms with Crippen molar-refractivity contribution in [3.63, 3.8) is 0 Å². The van der Waals surface area contributed by atoms with Crippen LogP contribution in [0.2, 0.25) is 0 Å². The maximum absolute atomic E-state index is 5.07. The van der Waals surface area contributed by atoms with E-state index in [1.165, 1.54) is 21.5 Å². The summed E-state index contributed by atoms with van der Waals surface area (Å²) in [6, 6.07) is 4.38. The monoisotopic (exact) mass is 333 g/mol. The Morgan fingerprint density at radius 2 is 2.22 bits per heavy atom. The first-order chi connectivity index (χ1) is 8.59. The van der Waals surface area contributed by atoms with Crippen LogP contribution >= 0.6 is 27.3 Å². The minimum atomic E-state index is 0.340. The molecule has 4 heteroatoms. The predicted molar refractivity (Wildman–Crippen MR) is 83.5 cm³/mol. The number of nitrogens with one attached hydrogen (secondary N) is 1. The van der Waals surface area contributed by atoms with E-state index in [2.05, 4.69) is 47.2 Å². The highest BCUT2D eigenvalue weighted by molar-refractivity contribution is 9.11. The Bertz CT molecular complexity index is 342. The minimum Gasteiger partial charge on any atom is -0.383 e. The summed E-state index contributed by atoms with van der Waals surface area (Å²) < 4.78 is 6.30. The lowest BCUT2D eigenvalue weighted by Gasteiger charge is -2.29. The normalized spacial score (nSPS) is 14.7. The van der Waals surface area contributed by atoms with Gasteiger partial charge in [-0.25, -0.2) is 0 Å². The molecule has 2 nitrogen and oxygen atoms in total. The molecule has 0 bridgehead atoms. The van der Waals surface area contributed by atoms with Crippen LogP contribution in [0.25, 0.3) is 0 Å². The summed E-state index contributed by atoms with van der Waals surface area (Å²) >= 11 is 5.39. The third-order valence-electron chi connectivity index (χ3n) is 3.12. The van der Waals surface area contributed by atoms with E-state index >= 15 is 0 Å². The number of hydrogen-bond acceptors (Lipinski definition) is 3.